The zero-order valence-corrected chi connectivity index (χ0v) is 10.9. The van der Waals surface area contributed by atoms with Gasteiger partial charge >= 0.3 is 5.97 Å². The summed E-state index contributed by atoms with van der Waals surface area (Å²) in [5.41, 5.74) is 1.09. The second kappa shape index (κ2) is 4.48. The molecule has 0 aliphatic rings. The highest BCUT2D eigenvalue weighted by Gasteiger charge is 2.15. The molecule has 0 spiro atoms. The summed E-state index contributed by atoms with van der Waals surface area (Å²) >= 11 is 0. The number of para-hydroxylation sites is 1. The van der Waals surface area contributed by atoms with Crippen molar-refractivity contribution < 1.29 is 9.90 Å². The fourth-order valence-electron chi connectivity index (χ4n) is 2.56. The van der Waals surface area contributed by atoms with Gasteiger partial charge in [-0.2, -0.15) is 5.10 Å². The number of aromatic nitrogens is 3. The van der Waals surface area contributed by atoms with Crippen molar-refractivity contribution in [1.29, 1.82) is 0 Å². The van der Waals surface area contributed by atoms with Crippen molar-refractivity contribution >= 4 is 27.8 Å². The largest absolute Gasteiger partial charge is 0.480 e. The smallest absolute Gasteiger partial charge is 0.325 e. The molecule has 6 heteroatoms. The van der Waals surface area contributed by atoms with Gasteiger partial charge in [-0.3, -0.25) is 9.59 Å². The molecule has 0 unspecified atom stereocenters. The van der Waals surface area contributed by atoms with E-state index < -0.39 is 12.5 Å². The van der Waals surface area contributed by atoms with Gasteiger partial charge in [0.2, 0.25) is 0 Å². The number of rotatable bonds is 3. The first-order valence-corrected chi connectivity index (χ1v) is 6.32. The number of aryl methyl sites for hydroxylation is 1. The molecule has 0 radical (unpaired) electrons. The second-order valence-corrected chi connectivity index (χ2v) is 4.52. The average Bonchev–Trinajstić information content (AvgIpc) is 2.76. The number of carboxylic acid groups (broad SMARTS) is 1. The molecule has 20 heavy (non-hydrogen) atoms. The number of fused-ring (bicyclic) bond motifs is 3. The van der Waals surface area contributed by atoms with Gasteiger partial charge in [-0.25, -0.2) is 4.68 Å². The summed E-state index contributed by atoms with van der Waals surface area (Å²) in [6.45, 7) is 2.16. The monoisotopic (exact) mass is 271 g/mol. The molecule has 102 valence electrons. The van der Waals surface area contributed by atoms with Crippen molar-refractivity contribution in [3.63, 3.8) is 0 Å². The summed E-state index contributed by atoms with van der Waals surface area (Å²) in [7, 11) is 0. The van der Waals surface area contributed by atoms with Crippen LogP contribution in [0.5, 0.6) is 0 Å². The highest BCUT2D eigenvalue weighted by molar-refractivity contribution is 6.07. The van der Waals surface area contributed by atoms with E-state index in [4.69, 9.17) is 5.11 Å². The first kappa shape index (κ1) is 12.4. The Morgan fingerprint density at radius 3 is 2.75 bits per heavy atom. The van der Waals surface area contributed by atoms with Gasteiger partial charge in [0.15, 0.2) is 0 Å². The number of benzene rings is 1. The lowest BCUT2D eigenvalue weighted by Gasteiger charge is -2.04. The molecule has 0 fully saturated rings. The average molecular weight is 271 g/mol. The van der Waals surface area contributed by atoms with E-state index >= 15 is 0 Å². The molecule has 0 bridgehead atoms. The van der Waals surface area contributed by atoms with Crippen LogP contribution in [-0.2, 0) is 17.9 Å². The SMILES string of the molecule is CCn1c2ccccc2c2cnn(CC(=O)O)c(=O)c21. The van der Waals surface area contributed by atoms with Crippen molar-refractivity contribution in [3.05, 3.63) is 40.8 Å². The van der Waals surface area contributed by atoms with Crippen LogP contribution in [0.1, 0.15) is 6.92 Å². The van der Waals surface area contributed by atoms with Crippen LogP contribution in [0.15, 0.2) is 35.3 Å². The van der Waals surface area contributed by atoms with Gasteiger partial charge in [0.05, 0.1) is 6.20 Å². The maximum Gasteiger partial charge on any atom is 0.325 e. The Hall–Kier alpha value is -2.63. The van der Waals surface area contributed by atoms with Crippen LogP contribution in [0.3, 0.4) is 0 Å². The Morgan fingerprint density at radius 1 is 1.30 bits per heavy atom. The maximum atomic E-state index is 12.4. The number of hydrogen-bond donors (Lipinski definition) is 1. The molecule has 1 aromatic carbocycles. The van der Waals surface area contributed by atoms with Crippen molar-refractivity contribution in [1.82, 2.24) is 14.3 Å². The molecule has 0 saturated heterocycles. The van der Waals surface area contributed by atoms with Gasteiger partial charge in [0.25, 0.3) is 5.56 Å². The third kappa shape index (κ3) is 1.69. The standard InChI is InChI=1S/C14H13N3O3/c1-2-16-11-6-4-3-5-9(11)10-7-15-17(8-12(18)19)14(20)13(10)16/h3-7H,2,8H2,1H3,(H,18,19). The molecule has 0 aliphatic heterocycles. The van der Waals surface area contributed by atoms with Gasteiger partial charge in [-0.05, 0) is 13.0 Å². The van der Waals surface area contributed by atoms with Gasteiger partial charge in [-0.1, -0.05) is 18.2 Å². The molecule has 0 aliphatic carbocycles. The summed E-state index contributed by atoms with van der Waals surface area (Å²) in [6, 6.07) is 7.70. The van der Waals surface area contributed by atoms with Gasteiger partial charge in [0, 0.05) is 22.8 Å². The summed E-state index contributed by atoms with van der Waals surface area (Å²) in [6.07, 6.45) is 1.56. The molecule has 0 saturated carbocycles. The van der Waals surface area contributed by atoms with Crippen LogP contribution in [0, 0.1) is 0 Å². The predicted molar refractivity (Wildman–Crippen MR) is 74.8 cm³/mol. The van der Waals surface area contributed by atoms with Crippen molar-refractivity contribution in [2.75, 3.05) is 0 Å². The van der Waals surface area contributed by atoms with Gasteiger partial charge in [-0.15, -0.1) is 0 Å². The molecular weight excluding hydrogens is 258 g/mol. The summed E-state index contributed by atoms with van der Waals surface area (Å²) in [5.74, 6) is -1.09. The Morgan fingerprint density at radius 2 is 2.05 bits per heavy atom. The first-order valence-electron chi connectivity index (χ1n) is 6.32. The molecule has 3 rings (SSSR count). The Labute approximate surface area is 113 Å². The topological polar surface area (TPSA) is 77.1 Å². The maximum absolute atomic E-state index is 12.4. The predicted octanol–water partition coefficient (Wildman–Crippen LogP) is 1.46. The van der Waals surface area contributed by atoms with Crippen molar-refractivity contribution in [2.24, 2.45) is 0 Å². The summed E-state index contributed by atoms with van der Waals surface area (Å²) in [4.78, 5) is 23.2. The molecule has 3 aromatic rings. The van der Waals surface area contributed by atoms with E-state index in [1.54, 1.807) is 6.20 Å². The highest BCUT2D eigenvalue weighted by atomic mass is 16.4. The van der Waals surface area contributed by atoms with Gasteiger partial charge in [0.1, 0.15) is 12.1 Å². The highest BCUT2D eigenvalue weighted by Crippen LogP contribution is 2.25. The Kier molecular flexibility index (Phi) is 2.78. The van der Waals surface area contributed by atoms with Crippen molar-refractivity contribution in [3.8, 4) is 0 Å². The normalized spacial score (nSPS) is 11.2. The van der Waals surface area contributed by atoms with Crippen molar-refractivity contribution in [2.45, 2.75) is 20.0 Å². The van der Waals surface area contributed by atoms with E-state index in [0.717, 1.165) is 21.0 Å². The van der Waals surface area contributed by atoms with E-state index in [1.165, 1.54) is 0 Å². The minimum Gasteiger partial charge on any atom is -0.480 e. The minimum absolute atomic E-state index is 0.372. The molecule has 2 heterocycles. The molecule has 2 aromatic heterocycles. The van der Waals surface area contributed by atoms with E-state index in [0.29, 0.717) is 12.1 Å². The lowest BCUT2D eigenvalue weighted by molar-refractivity contribution is -0.137. The molecule has 0 amide bonds. The Balaban J connectivity index is 2.45. The lowest BCUT2D eigenvalue weighted by Crippen LogP contribution is -2.27. The second-order valence-electron chi connectivity index (χ2n) is 4.52. The van der Waals surface area contributed by atoms with Crippen LogP contribution in [-0.4, -0.2) is 25.4 Å². The van der Waals surface area contributed by atoms with E-state index in [1.807, 2.05) is 35.8 Å². The molecule has 1 N–H and O–H groups in total. The summed E-state index contributed by atoms with van der Waals surface area (Å²) < 4.78 is 2.88. The number of carbonyl (C=O) groups is 1. The van der Waals surface area contributed by atoms with Crippen LogP contribution >= 0.6 is 0 Å². The first-order chi connectivity index (χ1) is 9.63. The number of hydrogen-bond acceptors (Lipinski definition) is 3. The number of nitrogens with zero attached hydrogens (tertiary/aromatic N) is 3. The fraction of sp³-hybridized carbons (Fsp3) is 0.214. The molecular formula is C14H13N3O3. The zero-order valence-electron chi connectivity index (χ0n) is 10.9. The Bertz CT molecular complexity index is 876. The fourth-order valence-corrected chi connectivity index (χ4v) is 2.56. The van der Waals surface area contributed by atoms with Crippen LogP contribution in [0.25, 0.3) is 21.8 Å². The van der Waals surface area contributed by atoms with Crippen LogP contribution < -0.4 is 5.56 Å². The minimum atomic E-state index is -1.09. The molecule has 0 atom stereocenters. The third-order valence-corrected chi connectivity index (χ3v) is 3.37. The quantitative estimate of drug-likeness (QED) is 0.782. The molecule has 6 nitrogen and oxygen atoms in total. The number of aliphatic carboxylic acids is 1. The van der Waals surface area contributed by atoms with E-state index in [9.17, 15) is 9.59 Å². The van der Waals surface area contributed by atoms with Gasteiger partial charge < -0.3 is 9.67 Å². The number of carboxylic acids is 1. The lowest BCUT2D eigenvalue weighted by atomic mass is 10.2. The van der Waals surface area contributed by atoms with E-state index in [-0.39, 0.29) is 5.56 Å². The van der Waals surface area contributed by atoms with Crippen LogP contribution in [0.4, 0.5) is 0 Å². The van der Waals surface area contributed by atoms with E-state index in [2.05, 4.69) is 5.10 Å². The third-order valence-electron chi connectivity index (χ3n) is 3.37. The summed E-state index contributed by atoms with van der Waals surface area (Å²) in [5, 5.41) is 14.5. The zero-order chi connectivity index (χ0) is 14.3. The van der Waals surface area contributed by atoms with Crippen LogP contribution in [0.2, 0.25) is 0 Å².